The molecule has 0 aliphatic heterocycles. The molecule has 1 aromatic rings. The minimum absolute atomic E-state index is 0.0586. The molecule has 1 N–H and O–H groups in total. The van der Waals surface area contributed by atoms with E-state index in [0.29, 0.717) is 15.3 Å². The molecule has 94 valence electrons. The number of nitriles is 1. The average molecular weight is 329 g/mol. The second-order valence-corrected chi connectivity index (χ2v) is 4.85. The van der Waals surface area contributed by atoms with Gasteiger partial charge in [0, 0.05) is 6.07 Å². The number of aliphatic imine (C=N–C) groups is 1. The van der Waals surface area contributed by atoms with Gasteiger partial charge in [-0.25, -0.2) is 4.99 Å². The SMILES string of the molecule is CSC(=Nc1cc([N+](=O)[O-])c(Br)cc1C)NC#N. The number of nitrogens with zero attached hydrogens (tertiary/aromatic N) is 3. The van der Waals surface area contributed by atoms with Crippen LogP contribution in [-0.4, -0.2) is 16.3 Å². The summed E-state index contributed by atoms with van der Waals surface area (Å²) >= 11 is 4.38. The van der Waals surface area contributed by atoms with Crippen LogP contribution in [-0.2, 0) is 0 Å². The normalized spacial score (nSPS) is 10.9. The van der Waals surface area contributed by atoms with E-state index in [9.17, 15) is 10.1 Å². The number of nitrogens with one attached hydrogen (secondary N) is 1. The molecule has 0 heterocycles. The van der Waals surface area contributed by atoms with Crippen LogP contribution in [0.4, 0.5) is 11.4 Å². The summed E-state index contributed by atoms with van der Waals surface area (Å²) in [6.45, 7) is 1.79. The summed E-state index contributed by atoms with van der Waals surface area (Å²) in [4.78, 5) is 14.5. The van der Waals surface area contributed by atoms with Gasteiger partial charge in [0.15, 0.2) is 11.4 Å². The number of halogens is 1. The molecular formula is C10H9BrN4O2S. The molecule has 0 aromatic heterocycles. The molecule has 0 atom stereocenters. The Labute approximate surface area is 116 Å². The van der Waals surface area contributed by atoms with E-state index in [-0.39, 0.29) is 5.69 Å². The molecule has 0 fully saturated rings. The highest BCUT2D eigenvalue weighted by Gasteiger charge is 2.15. The summed E-state index contributed by atoms with van der Waals surface area (Å²) in [5.41, 5.74) is 1.17. The largest absolute Gasteiger partial charge is 0.285 e. The number of aryl methyl sites for hydroxylation is 1. The topological polar surface area (TPSA) is 91.3 Å². The Kier molecular flexibility index (Phi) is 5.12. The molecule has 1 rings (SSSR count). The third-order valence-corrected chi connectivity index (χ3v) is 3.26. The van der Waals surface area contributed by atoms with Crippen LogP contribution in [0, 0.1) is 28.5 Å². The third-order valence-electron chi connectivity index (χ3n) is 2.04. The van der Waals surface area contributed by atoms with Crippen LogP contribution >= 0.6 is 27.7 Å². The average Bonchev–Trinajstić information content (AvgIpc) is 2.31. The highest BCUT2D eigenvalue weighted by molar-refractivity contribution is 9.10. The predicted octanol–water partition coefficient (Wildman–Crippen LogP) is 3.09. The second kappa shape index (κ2) is 6.37. The third kappa shape index (κ3) is 3.45. The van der Waals surface area contributed by atoms with Crippen molar-refractivity contribution in [3.05, 3.63) is 32.3 Å². The van der Waals surface area contributed by atoms with Crippen molar-refractivity contribution in [3.8, 4) is 6.19 Å². The fraction of sp³-hybridized carbons (Fsp3) is 0.200. The Balaban J connectivity index is 3.29. The number of hydrogen-bond donors (Lipinski definition) is 1. The van der Waals surface area contributed by atoms with Crippen molar-refractivity contribution in [2.24, 2.45) is 4.99 Å². The van der Waals surface area contributed by atoms with Crippen molar-refractivity contribution in [2.75, 3.05) is 6.26 Å². The van der Waals surface area contributed by atoms with E-state index in [1.807, 2.05) is 0 Å². The van der Waals surface area contributed by atoms with Gasteiger partial charge in [-0.3, -0.25) is 15.4 Å². The summed E-state index contributed by atoms with van der Waals surface area (Å²) in [7, 11) is 0. The highest BCUT2D eigenvalue weighted by Crippen LogP contribution is 2.32. The number of benzene rings is 1. The number of thioether (sulfide) groups is 1. The molecule has 6 nitrogen and oxygen atoms in total. The Morgan fingerprint density at radius 3 is 2.83 bits per heavy atom. The molecule has 0 aliphatic rings. The van der Waals surface area contributed by atoms with Crippen LogP contribution in [0.25, 0.3) is 0 Å². The smallest absolute Gasteiger partial charge is 0.271 e. The molecule has 0 saturated heterocycles. The molecule has 18 heavy (non-hydrogen) atoms. The molecule has 1 aromatic carbocycles. The Bertz CT molecular complexity index is 554. The highest BCUT2D eigenvalue weighted by atomic mass is 79.9. The lowest BCUT2D eigenvalue weighted by atomic mass is 10.2. The van der Waals surface area contributed by atoms with Gasteiger partial charge in [0.05, 0.1) is 15.1 Å². The monoisotopic (exact) mass is 328 g/mol. The zero-order chi connectivity index (χ0) is 13.7. The van der Waals surface area contributed by atoms with E-state index in [0.717, 1.165) is 5.56 Å². The summed E-state index contributed by atoms with van der Waals surface area (Å²) in [5, 5.41) is 22.1. The lowest BCUT2D eigenvalue weighted by Gasteiger charge is -2.04. The first-order valence-corrected chi connectivity index (χ1v) is 6.73. The van der Waals surface area contributed by atoms with E-state index >= 15 is 0 Å². The predicted molar refractivity (Wildman–Crippen MR) is 74.9 cm³/mol. The van der Waals surface area contributed by atoms with Crippen molar-refractivity contribution < 1.29 is 4.92 Å². The molecule has 0 saturated carbocycles. The van der Waals surface area contributed by atoms with Crippen LogP contribution in [0.5, 0.6) is 0 Å². The maximum Gasteiger partial charge on any atom is 0.285 e. The molecular weight excluding hydrogens is 320 g/mol. The maximum atomic E-state index is 10.8. The minimum atomic E-state index is -0.487. The van der Waals surface area contributed by atoms with Crippen LogP contribution in [0.1, 0.15) is 5.56 Å². The van der Waals surface area contributed by atoms with Crippen molar-refractivity contribution in [2.45, 2.75) is 6.92 Å². The van der Waals surface area contributed by atoms with Crippen LogP contribution in [0.15, 0.2) is 21.6 Å². The summed E-state index contributed by atoms with van der Waals surface area (Å²) < 4.78 is 0.405. The van der Waals surface area contributed by atoms with E-state index in [1.54, 1.807) is 25.4 Å². The standard InChI is InChI=1S/C10H9BrN4O2S/c1-6-3-7(11)9(15(16)17)4-8(6)14-10(18-2)13-5-12/h3-4H,1-2H3,(H,13,14). The van der Waals surface area contributed by atoms with Gasteiger partial charge in [0.2, 0.25) is 0 Å². The number of rotatable bonds is 2. The van der Waals surface area contributed by atoms with Crippen molar-refractivity contribution in [1.29, 1.82) is 5.26 Å². The van der Waals surface area contributed by atoms with Gasteiger partial charge in [-0.15, -0.1) is 0 Å². The first kappa shape index (κ1) is 14.5. The summed E-state index contributed by atoms with van der Waals surface area (Å²) in [6.07, 6.45) is 3.52. The van der Waals surface area contributed by atoms with Crippen molar-refractivity contribution >= 4 is 44.2 Å². The zero-order valence-electron chi connectivity index (χ0n) is 9.60. The Hall–Kier alpha value is -1.59. The Morgan fingerprint density at radius 1 is 1.67 bits per heavy atom. The molecule has 0 bridgehead atoms. The van der Waals surface area contributed by atoms with Gasteiger partial charge in [-0.05, 0) is 40.7 Å². The second-order valence-electron chi connectivity index (χ2n) is 3.21. The quantitative estimate of drug-likeness (QED) is 0.225. The van der Waals surface area contributed by atoms with Crippen molar-refractivity contribution in [1.82, 2.24) is 5.32 Å². The maximum absolute atomic E-state index is 10.8. The van der Waals surface area contributed by atoms with Gasteiger partial charge < -0.3 is 0 Å². The van der Waals surface area contributed by atoms with E-state index < -0.39 is 4.92 Å². The lowest BCUT2D eigenvalue weighted by molar-refractivity contribution is -0.385. The number of amidine groups is 1. The fourth-order valence-electron chi connectivity index (χ4n) is 1.19. The molecule has 0 unspecified atom stereocenters. The van der Waals surface area contributed by atoms with Crippen molar-refractivity contribution in [3.63, 3.8) is 0 Å². The molecule has 0 aliphatic carbocycles. The van der Waals surface area contributed by atoms with Gasteiger partial charge in [-0.1, -0.05) is 11.8 Å². The Morgan fingerprint density at radius 2 is 2.33 bits per heavy atom. The first-order chi connectivity index (χ1) is 8.49. The number of hydrogen-bond acceptors (Lipinski definition) is 5. The van der Waals surface area contributed by atoms with E-state index in [2.05, 4.69) is 26.2 Å². The fourth-order valence-corrected chi connectivity index (χ4v) is 2.13. The van der Waals surface area contributed by atoms with E-state index in [4.69, 9.17) is 5.26 Å². The number of nitro groups is 1. The van der Waals surface area contributed by atoms with Crippen LogP contribution in [0.3, 0.4) is 0 Å². The van der Waals surface area contributed by atoms with Gasteiger partial charge in [0.1, 0.15) is 0 Å². The molecule has 0 radical (unpaired) electrons. The molecule has 0 spiro atoms. The van der Waals surface area contributed by atoms with Gasteiger partial charge >= 0.3 is 0 Å². The molecule has 0 amide bonds. The van der Waals surface area contributed by atoms with Gasteiger partial charge in [0.25, 0.3) is 5.69 Å². The summed E-state index contributed by atoms with van der Waals surface area (Å²) in [5.74, 6) is 0. The van der Waals surface area contributed by atoms with Crippen LogP contribution < -0.4 is 5.32 Å². The number of nitro benzene ring substituents is 1. The van der Waals surface area contributed by atoms with Crippen LogP contribution in [0.2, 0.25) is 0 Å². The van der Waals surface area contributed by atoms with Gasteiger partial charge in [-0.2, -0.15) is 5.26 Å². The summed E-state index contributed by atoms with van der Waals surface area (Å²) in [6, 6.07) is 3.00. The molecule has 8 heteroatoms. The lowest BCUT2D eigenvalue weighted by Crippen LogP contribution is -2.12. The minimum Gasteiger partial charge on any atom is -0.271 e. The van der Waals surface area contributed by atoms with E-state index in [1.165, 1.54) is 17.8 Å². The zero-order valence-corrected chi connectivity index (χ0v) is 12.0. The first-order valence-electron chi connectivity index (χ1n) is 4.72.